The zero-order valence-electron chi connectivity index (χ0n) is 15.0. The largest absolute Gasteiger partial charge is 0.455 e. The number of carbonyl (C=O) groups excluding carboxylic acids is 2. The smallest absolute Gasteiger partial charge is 0.309 e. The molecule has 1 aliphatic carbocycles. The third-order valence-electron chi connectivity index (χ3n) is 5.07. The van der Waals surface area contributed by atoms with Gasteiger partial charge in [-0.3, -0.25) is 9.59 Å². The molecule has 1 saturated heterocycles. The molecule has 1 amide bonds. The number of piperazine rings is 1. The Morgan fingerprint density at radius 2 is 1.63 bits per heavy atom. The first kappa shape index (κ1) is 19.8. The highest BCUT2D eigenvalue weighted by Gasteiger charge is 2.31. The number of amides is 1. The summed E-state index contributed by atoms with van der Waals surface area (Å²) in [6, 6.07) is 4.66. The minimum absolute atomic E-state index is 0.0224. The van der Waals surface area contributed by atoms with Crippen LogP contribution in [0.3, 0.4) is 0 Å². The number of sulfonamides is 1. The van der Waals surface area contributed by atoms with Crippen molar-refractivity contribution in [3.63, 3.8) is 0 Å². The van der Waals surface area contributed by atoms with Gasteiger partial charge in [-0.05, 0) is 37.1 Å². The van der Waals surface area contributed by atoms with Gasteiger partial charge in [-0.2, -0.15) is 4.31 Å². The van der Waals surface area contributed by atoms with Crippen molar-refractivity contribution >= 4 is 21.9 Å². The molecule has 1 heterocycles. The Balaban J connectivity index is 1.49. The van der Waals surface area contributed by atoms with Gasteiger partial charge in [0.1, 0.15) is 5.82 Å². The molecule has 1 aromatic carbocycles. The molecule has 1 aromatic rings. The topological polar surface area (TPSA) is 84.0 Å². The molecular formula is C18H23FN2O5S. The second-order valence-corrected chi connectivity index (χ2v) is 8.77. The van der Waals surface area contributed by atoms with Gasteiger partial charge < -0.3 is 9.64 Å². The second kappa shape index (κ2) is 8.35. The summed E-state index contributed by atoms with van der Waals surface area (Å²) in [6.07, 6.45) is 3.65. The fourth-order valence-electron chi connectivity index (χ4n) is 3.44. The molecule has 0 atom stereocenters. The first-order chi connectivity index (χ1) is 12.9. The molecule has 9 heteroatoms. The quantitative estimate of drug-likeness (QED) is 0.700. The standard InChI is InChI=1S/C18H23FN2O5S/c19-15-5-7-16(8-6-15)27(24,25)21-11-9-20(10-12-21)17(22)13-26-18(23)14-3-1-2-4-14/h5-8,14H,1-4,9-13H2. The molecule has 1 aliphatic heterocycles. The van der Waals surface area contributed by atoms with E-state index in [2.05, 4.69) is 0 Å². The number of carbonyl (C=O) groups is 2. The highest BCUT2D eigenvalue weighted by Crippen LogP contribution is 2.25. The maximum Gasteiger partial charge on any atom is 0.309 e. The summed E-state index contributed by atoms with van der Waals surface area (Å²) in [5.74, 6) is -1.24. The summed E-state index contributed by atoms with van der Waals surface area (Å²) in [6.45, 7) is 0.421. The minimum atomic E-state index is -3.72. The summed E-state index contributed by atoms with van der Waals surface area (Å²) in [4.78, 5) is 25.6. The maximum absolute atomic E-state index is 13.0. The summed E-state index contributed by atoms with van der Waals surface area (Å²) in [7, 11) is -3.72. The third-order valence-corrected chi connectivity index (χ3v) is 6.98. The SMILES string of the molecule is O=C(OCC(=O)N1CCN(S(=O)(=O)c2ccc(F)cc2)CC1)C1CCCC1. The van der Waals surface area contributed by atoms with Gasteiger partial charge in [-0.1, -0.05) is 12.8 Å². The van der Waals surface area contributed by atoms with Gasteiger partial charge in [0.15, 0.2) is 6.61 Å². The molecule has 0 N–H and O–H groups in total. The Bertz CT molecular complexity index is 782. The van der Waals surface area contributed by atoms with E-state index in [9.17, 15) is 22.4 Å². The molecule has 0 radical (unpaired) electrons. The van der Waals surface area contributed by atoms with Gasteiger partial charge in [0.25, 0.3) is 5.91 Å². The highest BCUT2D eigenvalue weighted by atomic mass is 32.2. The number of nitrogens with zero attached hydrogens (tertiary/aromatic N) is 2. The summed E-state index contributed by atoms with van der Waals surface area (Å²) < 4.78 is 44.5. The lowest BCUT2D eigenvalue weighted by molar-refractivity contribution is -0.155. The van der Waals surface area contributed by atoms with E-state index in [1.807, 2.05) is 0 Å². The molecule has 27 heavy (non-hydrogen) atoms. The Morgan fingerprint density at radius 3 is 2.22 bits per heavy atom. The highest BCUT2D eigenvalue weighted by molar-refractivity contribution is 7.89. The lowest BCUT2D eigenvalue weighted by Gasteiger charge is -2.33. The number of hydrogen-bond acceptors (Lipinski definition) is 5. The molecular weight excluding hydrogens is 375 g/mol. The molecule has 2 aliphatic rings. The Morgan fingerprint density at radius 1 is 1.04 bits per heavy atom. The zero-order valence-corrected chi connectivity index (χ0v) is 15.8. The minimum Gasteiger partial charge on any atom is -0.455 e. The number of esters is 1. The van der Waals surface area contributed by atoms with Crippen LogP contribution in [0.4, 0.5) is 4.39 Å². The lowest BCUT2D eigenvalue weighted by Crippen LogP contribution is -2.51. The molecule has 148 valence electrons. The van der Waals surface area contributed by atoms with E-state index in [0.29, 0.717) is 0 Å². The average molecular weight is 398 g/mol. The number of ether oxygens (including phenoxy) is 1. The summed E-state index contributed by atoms with van der Waals surface area (Å²) in [5, 5.41) is 0. The summed E-state index contributed by atoms with van der Waals surface area (Å²) >= 11 is 0. The first-order valence-corrected chi connectivity index (χ1v) is 10.5. The van der Waals surface area contributed by atoms with Gasteiger partial charge in [-0.25, -0.2) is 12.8 Å². The number of benzene rings is 1. The fraction of sp³-hybridized carbons (Fsp3) is 0.556. The van der Waals surface area contributed by atoms with Gasteiger partial charge in [0.2, 0.25) is 10.0 Å². The van der Waals surface area contributed by atoms with Gasteiger partial charge in [-0.15, -0.1) is 0 Å². The van der Waals surface area contributed by atoms with E-state index in [-0.39, 0.29) is 55.5 Å². The molecule has 0 spiro atoms. The van der Waals surface area contributed by atoms with Crippen LogP contribution < -0.4 is 0 Å². The molecule has 0 aromatic heterocycles. The van der Waals surface area contributed by atoms with E-state index < -0.39 is 15.8 Å². The van der Waals surface area contributed by atoms with Crippen LogP contribution in [0.1, 0.15) is 25.7 Å². The molecule has 2 fully saturated rings. The molecule has 3 rings (SSSR count). The van der Waals surface area contributed by atoms with Crippen LogP contribution in [0.2, 0.25) is 0 Å². The first-order valence-electron chi connectivity index (χ1n) is 9.08. The summed E-state index contributed by atoms with van der Waals surface area (Å²) in [5.41, 5.74) is 0. The second-order valence-electron chi connectivity index (χ2n) is 6.83. The van der Waals surface area contributed by atoms with Crippen molar-refractivity contribution in [3.8, 4) is 0 Å². The van der Waals surface area contributed by atoms with E-state index in [4.69, 9.17) is 4.74 Å². The van der Waals surface area contributed by atoms with Crippen molar-refractivity contribution in [2.75, 3.05) is 32.8 Å². The molecule has 1 saturated carbocycles. The Labute approximate surface area is 158 Å². The van der Waals surface area contributed by atoms with E-state index in [0.717, 1.165) is 37.8 Å². The zero-order chi connectivity index (χ0) is 19.4. The molecule has 7 nitrogen and oxygen atoms in total. The van der Waals surface area contributed by atoms with E-state index in [1.165, 1.54) is 21.3 Å². The van der Waals surface area contributed by atoms with E-state index >= 15 is 0 Å². The average Bonchev–Trinajstić information content (AvgIpc) is 3.21. The van der Waals surface area contributed by atoms with Crippen LogP contribution in [0, 0.1) is 11.7 Å². The van der Waals surface area contributed by atoms with Crippen molar-refractivity contribution in [1.82, 2.24) is 9.21 Å². The van der Waals surface area contributed by atoms with Crippen molar-refractivity contribution in [2.24, 2.45) is 5.92 Å². The van der Waals surface area contributed by atoms with Crippen LogP contribution in [-0.4, -0.2) is 62.3 Å². The van der Waals surface area contributed by atoms with Crippen molar-refractivity contribution in [1.29, 1.82) is 0 Å². The number of rotatable bonds is 5. The monoisotopic (exact) mass is 398 g/mol. The van der Waals surface area contributed by atoms with Crippen molar-refractivity contribution < 1.29 is 27.1 Å². The van der Waals surface area contributed by atoms with Crippen LogP contribution in [0.15, 0.2) is 29.2 Å². The Hall–Kier alpha value is -2.00. The fourth-order valence-corrected chi connectivity index (χ4v) is 4.86. The number of halogens is 1. The van der Waals surface area contributed by atoms with Gasteiger partial charge >= 0.3 is 5.97 Å². The Kier molecular flexibility index (Phi) is 6.11. The predicted molar refractivity (Wildman–Crippen MR) is 94.7 cm³/mol. The lowest BCUT2D eigenvalue weighted by atomic mass is 10.1. The predicted octanol–water partition coefficient (Wildman–Crippen LogP) is 1.39. The maximum atomic E-state index is 13.0. The van der Waals surface area contributed by atoms with Crippen LogP contribution >= 0.6 is 0 Å². The molecule has 0 unspecified atom stereocenters. The van der Waals surface area contributed by atoms with Crippen LogP contribution in [0.5, 0.6) is 0 Å². The van der Waals surface area contributed by atoms with Crippen LogP contribution in [0.25, 0.3) is 0 Å². The van der Waals surface area contributed by atoms with E-state index in [1.54, 1.807) is 0 Å². The van der Waals surface area contributed by atoms with Gasteiger partial charge in [0, 0.05) is 26.2 Å². The third kappa shape index (κ3) is 4.65. The van der Waals surface area contributed by atoms with Gasteiger partial charge in [0.05, 0.1) is 10.8 Å². The van der Waals surface area contributed by atoms with Crippen LogP contribution in [-0.2, 0) is 24.3 Å². The van der Waals surface area contributed by atoms with Crippen molar-refractivity contribution in [3.05, 3.63) is 30.1 Å². The van der Waals surface area contributed by atoms with Crippen molar-refractivity contribution in [2.45, 2.75) is 30.6 Å². The normalized spacial score (nSPS) is 19.2. The molecule has 0 bridgehead atoms. The number of hydrogen-bond donors (Lipinski definition) is 0.